The first kappa shape index (κ1) is 14.9. The molecule has 1 aromatic carbocycles. The highest BCUT2D eigenvalue weighted by molar-refractivity contribution is 6.35. The number of β-amino-alcohol motifs (C(OH)–C–C–N with tert-alkyl or cyclic N) is 1. The van der Waals surface area contributed by atoms with Crippen molar-refractivity contribution in [1.82, 2.24) is 9.97 Å². The summed E-state index contributed by atoms with van der Waals surface area (Å²) in [5.41, 5.74) is 6.20. The van der Waals surface area contributed by atoms with Gasteiger partial charge in [-0.2, -0.15) is 0 Å². The summed E-state index contributed by atoms with van der Waals surface area (Å²) in [7, 11) is 0. The highest BCUT2D eigenvalue weighted by Crippen LogP contribution is 2.39. The van der Waals surface area contributed by atoms with Crippen molar-refractivity contribution in [2.24, 2.45) is 0 Å². The molecule has 1 aliphatic rings. The Balaban J connectivity index is 2.02. The molecule has 8 heteroatoms. The zero-order valence-electron chi connectivity index (χ0n) is 11.4. The lowest BCUT2D eigenvalue weighted by Gasteiger charge is -2.26. The zero-order chi connectivity index (χ0) is 15.9. The molecular formula is C14H13ClF2N4O. The van der Waals surface area contributed by atoms with E-state index in [0.717, 1.165) is 12.1 Å². The largest absolute Gasteiger partial charge is 0.391 e. The summed E-state index contributed by atoms with van der Waals surface area (Å²) in [6.07, 6.45) is 0.986. The number of nitrogen functional groups attached to an aromatic ring is 1. The summed E-state index contributed by atoms with van der Waals surface area (Å²) in [4.78, 5) is 9.60. The predicted octanol–water partition coefficient (Wildman–Crippen LogP) is 2.30. The van der Waals surface area contributed by atoms with Gasteiger partial charge in [0.15, 0.2) is 17.5 Å². The highest BCUT2D eigenvalue weighted by atomic mass is 35.5. The van der Waals surface area contributed by atoms with Crippen LogP contribution in [0.2, 0.25) is 5.02 Å². The normalized spacial score (nSPS) is 21.4. The third-order valence-electron chi connectivity index (χ3n) is 3.68. The van der Waals surface area contributed by atoms with Crippen LogP contribution in [0.5, 0.6) is 0 Å². The molecule has 2 heterocycles. The van der Waals surface area contributed by atoms with Crippen LogP contribution < -0.4 is 10.6 Å². The molecule has 0 unspecified atom stereocenters. The van der Waals surface area contributed by atoms with Gasteiger partial charge < -0.3 is 15.7 Å². The van der Waals surface area contributed by atoms with E-state index in [9.17, 15) is 13.9 Å². The van der Waals surface area contributed by atoms with E-state index in [4.69, 9.17) is 17.3 Å². The van der Waals surface area contributed by atoms with Gasteiger partial charge in [-0.25, -0.2) is 18.7 Å². The summed E-state index contributed by atoms with van der Waals surface area (Å²) < 4.78 is 26.6. The summed E-state index contributed by atoms with van der Waals surface area (Å²) >= 11 is 6.12. The number of nitrogens with zero attached hydrogens (tertiary/aromatic N) is 3. The van der Waals surface area contributed by atoms with Crippen molar-refractivity contribution in [3.63, 3.8) is 0 Å². The lowest BCUT2D eigenvalue weighted by molar-refractivity contribution is 0.194. The number of aromatic nitrogens is 2. The molecule has 0 aliphatic carbocycles. The van der Waals surface area contributed by atoms with Crippen molar-refractivity contribution in [3.05, 3.63) is 46.7 Å². The number of aliphatic hydroxyl groups is 1. The molecule has 1 saturated heterocycles. The molecule has 5 nitrogen and oxygen atoms in total. The van der Waals surface area contributed by atoms with Crippen LogP contribution in [0.4, 0.5) is 20.4 Å². The molecule has 2 atom stereocenters. The van der Waals surface area contributed by atoms with Crippen molar-refractivity contribution >= 4 is 23.2 Å². The van der Waals surface area contributed by atoms with Gasteiger partial charge in [-0.3, -0.25) is 0 Å². The first-order valence-corrected chi connectivity index (χ1v) is 7.00. The van der Waals surface area contributed by atoms with E-state index in [1.54, 1.807) is 4.90 Å². The summed E-state index contributed by atoms with van der Waals surface area (Å²) in [5, 5.41) is 10.1. The molecule has 0 radical (unpaired) electrons. The van der Waals surface area contributed by atoms with Gasteiger partial charge >= 0.3 is 0 Å². The summed E-state index contributed by atoms with van der Waals surface area (Å²) in [6.45, 7) is 0.264. The van der Waals surface area contributed by atoms with Crippen molar-refractivity contribution in [2.45, 2.75) is 18.6 Å². The zero-order valence-corrected chi connectivity index (χ0v) is 12.1. The van der Waals surface area contributed by atoms with E-state index in [0.29, 0.717) is 17.8 Å². The lowest BCUT2D eigenvalue weighted by atomic mass is 10.0. The maximum Gasteiger partial charge on any atom is 0.159 e. The molecule has 0 saturated carbocycles. The number of benzene rings is 1. The fourth-order valence-electron chi connectivity index (χ4n) is 2.66. The molecule has 3 rings (SSSR count). The molecule has 1 fully saturated rings. The van der Waals surface area contributed by atoms with Gasteiger partial charge in [0.25, 0.3) is 0 Å². The Kier molecular flexibility index (Phi) is 3.84. The van der Waals surface area contributed by atoms with Crippen LogP contribution >= 0.6 is 11.6 Å². The molecule has 0 spiro atoms. The number of hydrogen-bond donors (Lipinski definition) is 2. The van der Waals surface area contributed by atoms with Crippen LogP contribution in [0.15, 0.2) is 24.5 Å². The number of anilines is 2. The molecule has 3 N–H and O–H groups in total. The molecule has 0 amide bonds. The van der Waals surface area contributed by atoms with Crippen LogP contribution in [0.25, 0.3) is 0 Å². The standard InChI is InChI=1S/C14H13ClF2N4O/c15-12-13(18)19-6-20-14(12)21-5-8(22)4-11(21)7-1-2-9(16)10(17)3-7/h1-3,6,8,11,22H,4-5H2,(H2,18,19,20)/t8-,11-/m1/s1. The Bertz CT molecular complexity index is 715. The summed E-state index contributed by atoms with van der Waals surface area (Å²) in [6, 6.07) is 3.27. The van der Waals surface area contributed by atoms with Crippen LogP contribution in [0, 0.1) is 11.6 Å². The van der Waals surface area contributed by atoms with Gasteiger partial charge in [0.2, 0.25) is 0 Å². The number of halogens is 3. The molecule has 2 aromatic rings. The van der Waals surface area contributed by atoms with Crippen molar-refractivity contribution in [1.29, 1.82) is 0 Å². The minimum atomic E-state index is -0.938. The predicted molar refractivity (Wildman–Crippen MR) is 78.5 cm³/mol. The third kappa shape index (κ3) is 2.57. The van der Waals surface area contributed by atoms with E-state index < -0.39 is 17.7 Å². The van der Waals surface area contributed by atoms with Gasteiger partial charge in [0.1, 0.15) is 17.2 Å². The minimum absolute atomic E-state index is 0.122. The Morgan fingerprint density at radius 2 is 2.05 bits per heavy atom. The van der Waals surface area contributed by atoms with Crippen molar-refractivity contribution in [2.75, 3.05) is 17.2 Å². The Labute approximate surface area is 130 Å². The molecule has 1 aliphatic heterocycles. The molecule has 116 valence electrons. The van der Waals surface area contributed by atoms with Gasteiger partial charge in [-0.15, -0.1) is 0 Å². The fourth-order valence-corrected chi connectivity index (χ4v) is 2.86. The van der Waals surface area contributed by atoms with Crippen LogP contribution in [-0.4, -0.2) is 27.7 Å². The second-order valence-corrected chi connectivity index (χ2v) is 5.51. The SMILES string of the molecule is Nc1ncnc(N2C[C@H](O)C[C@@H]2c2ccc(F)c(F)c2)c1Cl. The lowest BCUT2D eigenvalue weighted by Crippen LogP contribution is -2.26. The van der Waals surface area contributed by atoms with E-state index in [1.165, 1.54) is 12.4 Å². The fraction of sp³-hybridized carbons (Fsp3) is 0.286. The smallest absolute Gasteiger partial charge is 0.159 e. The first-order chi connectivity index (χ1) is 10.5. The second-order valence-electron chi connectivity index (χ2n) is 5.13. The molecular weight excluding hydrogens is 314 g/mol. The van der Waals surface area contributed by atoms with Crippen LogP contribution in [0.1, 0.15) is 18.0 Å². The van der Waals surface area contributed by atoms with Crippen molar-refractivity contribution < 1.29 is 13.9 Å². The maximum atomic E-state index is 13.5. The first-order valence-electron chi connectivity index (χ1n) is 6.63. The minimum Gasteiger partial charge on any atom is -0.391 e. The monoisotopic (exact) mass is 326 g/mol. The maximum absolute atomic E-state index is 13.5. The average molecular weight is 327 g/mol. The number of nitrogens with two attached hydrogens (primary N) is 1. The van der Waals surface area contributed by atoms with Crippen LogP contribution in [-0.2, 0) is 0 Å². The second kappa shape index (κ2) is 5.66. The number of hydrogen-bond acceptors (Lipinski definition) is 5. The average Bonchev–Trinajstić information content (AvgIpc) is 2.86. The Morgan fingerprint density at radius 1 is 1.27 bits per heavy atom. The Hall–Kier alpha value is -1.99. The van der Waals surface area contributed by atoms with E-state index in [1.807, 2.05) is 0 Å². The van der Waals surface area contributed by atoms with Crippen LogP contribution in [0.3, 0.4) is 0 Å². The van der Waals surface area contributed by atoms with E-state index in [-0.39, 0.29) is 23.4 Å². The number of rotatable bonds is 2. The number of aliphatic hydroxyl groups excluding tert-OH is 1. The summed E-state index contributed by atoms with van der Waals surface area (Å²) in [5.74, 6) is -1.37. The van der Waals surface area contributed by atoms with Gasteiger partial charge in [-0.05, 0) is 24.1 Å². The third-order valence-corrected chi connectivity index (χ3v) is 4.04. The quantitative estimate of drug-likeness (QED) is 0.885. The molecule has 1 aromatic heterocycles. The molecule has 0 bridgehead atoms. The Morgan fingerprint density at radius 3 is 2.77 bits per heavy atom. The van der Waals surface area contributed by atoms with Gasteiger partial charge in [0.05, 0.1) is 12.1 Å². The van der Waals surface area contributed by atoms with Gasteiger partial charge in [-0.1, -0.05) is 17.7 Å². The van der Waals surface area contributed by atoms with Gasteiger partial charge in [0, 0.05) is 6.54 Å². The molecule has 22 heavy (non-hydrogen) atoms. The van der Waals surface area contributed by atoms with Crippen molar-refractivity contribution in [3.8, 4) is 0 Å². The van der Waals surface area contributed by atoms with E-state index >= 15 is 0 Å². The highest BCUT2D eigenvalue weighted by Gasteiger charge is 2.34. The topological polar surface area (TPSA) is 75.3 Å². The van der Waals surface area contributed by atoms with E-state index in [2.05, 4.69) is 9.97 Å².